The van der Waals surface area contributed by atoms with Crippen LogP contribution in [0.1, 0.15) is 44.6 Å². The maximum absolute atomic E-state index is 17.1. The Hall–Kier alpha value is -3.76. The van der Waals surface area contributed by atoms with Crippen molar-refractivity contribution in [2.45, 2.75) is 75.3 Å². The van der Waals surface area contributed by atoms with Gasteiger partial charge in [0.1, 0.15) is 42.2 Å². The largest absolute Gasteiger partial charge is 0.508 e. The molecule has 2 N–H and O–H groups in total. The molecule has 3 aromatic carbocycles. The van der Waals surface area contributed by atoms with Crippen molar-refractivity contribution < 1.29 is 23.4 Å². The van der Waals surface area contributed by atoms with Gasteiger partial charge in [-0.2, -0.15) is 9.97 Å². The highest BCUT2D eigenvalue weighted by Gasteiger charge is 2.50. The highest BCUT2D eigenvalue weighted by atomic mass is 19.1. The number of hydrogen-bond donors (Lipinski definition) is 2. The van der Waals surface area contributed by atoms with Crippen LogP contribution in [0.15, 0.2) is 36.4 Å². The van der Waals surface area contributed by atoms with Gasteiger partial charge in [0.15, 0.2) is 5.82 Å². The monoisotopic (exact) mass is 613 g/mol. The van der Waals surface area contributed by atoms with E-state index in [4.69, 9.17) is 19.4 Å². The molecule has 8 nitrogen and oxygen atoms in total. The number of ether oxygens (including phenoxy) is 2. The predicted octanol–water partition coefficient (Wildman–Crippen LogP) is 5.51. The minimum absolute atomic E-state index is 0.0213. The number of aromatic hydroxyl groups is 1. The molecule has 4 fully saturated rings. The molecule has 0 radical (unpaired) electrons. The summed E-state index contributed by atoms with van der Waals surface area (Å²) in [6.45, 7) is 4.77. The van der Waals surface area contributed by atoms with Crippen LogP contribution in [0.4, 0.5) is 14.6 Å². The van der Waals surface area contributed by atoms with Crippen LogP contribution >= 0.6 is 0 Å². The van der Waals surface area contributed by atoms with E-state index in [0.29, 0.717) is 53.7 Å². The second-order valence-corrected chi connectivity index (χ2v) is 13.6. The third kappa shape index (κ3) is 4.21. The van der Waals surface area contributed by atoms with Crippen molar-refractivity contribution in [1.29, 1.82) is 0 Å². The van der Waals surface area contributed by atoms with Crippen LogP contribution in [-0.2, 0) is 6.42 Å². The van der Waals surface area contributed by atoms with Crippen LogP contribution in [0.2, 0.25) is 0 Å². The lowest BCUT2D eigenvalue weighted by Gasteiger charge is -2.40. The number of anilines is 1. The normalized spacial score (nSPS) is 28.7. The molecule has 4 saturated heterocycles. The van der Waals surface area contributed by atoms with Gasteiger partial charge in [-0.15, -0.1) is 0 Å². The molecule has 10 heteroatoms. The summed E-state index contributed by atoms with van der Waals surface area (Å²) >= 11 is 0. The second-order valence-electron chi connectivity index (χ2n) is 13.6. The number of alkyl halides is 1. The van der Waals surface area contributed by atoms with Crippen molar-refractivity contribution in [2.24, 2.45) is 0 Å². The van der Waals surface area contributed by atoms with Gasteiger partial charge >= 0.3 is 6.01 Å². The Morgan fingerprint density at radius 2 is 2.04 bits per heavy atom. The molecule has 9 rings (SSSR count). The van der Waals surface area contributed by atoms with Crippen molar-refractivity contribution in [1.82, 2.24) is 20.2 Å². The molecule has 6 heterocycles. The summed E-state index contributed by atoms with van der Waals surface area (Å²) in [4.78, 5) is 14.1. The van der Waals surface area contributed by atoms with Gasteiger partial charge in [-0.05, 0) is 78.7 Å². The molecule has 0 amide bonds. The van der Waals surface area contributed by atoms with E-state index in [1.807, 2.05) is 18.2 Å². The fourth-order valence-electron chi connectivity index (χ4n) is 8.95. The number of nitrogens with zero attached hydrogens (tertiary/aromatic N) is 4. The Morgan fingerprint density at radius 1 is 1.13 bits per heavy atom. The number of benzene rings is 3. The standard InChI is InChI=1S/C35H37F2N5O3/c1-2-19-5-3-6-20-11-23(43)12-24(29(19)20)25-13-28-30-32(31(25)37)39-34(45-18-35-9-4-10-41(35)15-21(36)14-35)40-33(30)42-16-22-7-8-26(38-22)27(42)17-44-28/h3,5-6,11-13,21-22,26-27,38,43H,2,4,7-10,14-18H2,1H3/t21-,22-,26+,27+,35-/m1/s1. The first-order valence-corrected chi connectivity index (χ1v) is 16.4. The average molecular weight is 614 g/mol. The lowest BCUT2D eigenvalue weighted by Crippen LogP contribution is -2.60. The molecular formula is C35H37F2N5O3. The zero-order valence-corrected chi connectivity index (χ0v) is 25.4. The van der Waals surface area contributed by atoms with Gasteiger partial charge < -0.3 is 24.8 Å². The number of halogens is 2. The van der Waals surface area contributed by atoms with Gasteiger partial charge in [0.2, 0.25) is 0 Å². The summed E-state index contributed by atoms with van der Waals surface area (Å²) in [6.07, 6.45) is 4.28. The first kappa shape index (κ1) is 27.5. The molecule has 4 aromatic rings. The average Bonchev–Trinajstić information content (AvgIpc) is 3.67. The van der Waals surface area contributed by atoms with E-state index in [1.165, 1.54) is 0 Å². The molecule has 0 aliphatic carbocycles. The molecule has 0 unspecified atom stereocenters. The van der Waals surface area contributed by atoms with E-state index in [-0.39, 0.29) is 41.5 Å². The summed E-state index contributed by atoms with van der Waals surface area (Å²) in [6, 6.07) is 11.7. The molecule has 5 aliphatic rings. The minimum atomic E-state index is -0.877. The fourth-order valence-corrected chi connectivity index (χ4v) is 8.95. The van der Waals surface area contributed by atoms with E-state index in [0.717, 1.165) is 61.5 Å². The topological polar surface area (TPSA) is 83.0 Å². The minimum Gasteiger partial charge on any atom is -0.508 e. The number of piperazine rings is 1. The van der Waals surface area contributed by atoms with E-state index in [9.17, 15) is 9.50 Å². The molecule has 2 bridgehead atoms. The van der Waals surface area contributed by atoms with Crippen LogP contribution in [0.5, 0.6) is 17.5 Å². The van der Waals surface area contributed by atoms with Crippen LogP contribution in [0, 0.1) is 5.82 Å². The van der Waals surface area contributed by atoms with E-state index >= 15 is 4.39 Å². The summed E-state index contributed by atoms with van der Waals surface area (Å²) < 4.78 is 44.5. The summed E-state index contributed by atoms with van der Waals surface area (Å²) in [5.41, 5.74) is 1.71. The van der Waals surface area contributed by atoms with Crippen LogP contribution in [-0.4, -0.2) is 82.7 Å². The number of nitrogens with one attached hydrogen (secondary N) is 1. The third-order valence-electron chi connectivity index (χ3n) is 11.0. The molecule has 0 spiro atoms. The lowest BCUT2D eigenvalue weighted by molar-refractivity contribution is 0.107. The van der Waals surface area contributed by atoms with E-state index in [1.54, 1.807) is 18.2 Å². The molecule has 1 aromatic heterocycles. The molecule has 0 saturated carbocycles. The maximum atomic E-state index is 17.1. The number of phenols is 1. The number of rotatable bonds is 5. The van der Waals surface area contributed by atoms with Gasteiger partial charge in [-0.1, -0.05) is 25.1 Å². The number of phenolic OH excluding ortho intramolecular Hbond substituents is 1. The molecule has 5 aliphatic heterocycles. The van der Waals surface area contributed by atoms with Crippen LogP contribution in [0.3, 0.4) is 0 Å². The predicted molar refractivity (Wildman–Crippen MR) is 169 cm³/mol. The first-order valence-electron chi connectivity index (χ1n) is 16.4. The van der Waals surface area contributed by atoms with Gasteiger partial charge in [0.05, 0.1) is 17.0 Å². The van der Waals surface area contributed by atoms with E-state index < -0.39 is 12.0 Å². The number of aryl methyl sites for hydroxylation is 1. The quantitative estimate of drug-likeness (QED) is 0.305. The number of aromatic nitrogens is 2. The molecule has 45 heavy (non-hydrogen) atoms. The van der Waals surface area contributed by atoms with Crippen molar-refractivity contribution >= 4 is 27.5 Å². The maximum Gasteiger partial charge on any atom is 0.319 e. The SMILES string of the molecule is CCc1cccc2cc(O)cc(-c3cc4c5c(nc(OC[C@]67CCCN6C[C@H](F)C7)nc5c3F)N3C[C@H]5CC[C@H](N5)[C@@H]3CO4)c12. The lowest BCUT2D eigenvalue weighted by atomic mass is 9.92. The van der Waals surface area contributed by atoms with Crippen molar-refractivity contribution in [3.8, 4) is 28.6 Å². The van der Waals surface area contributed by atoms with Crippen molar-refractivity contribution in [3.63, 3.8) is 0 Å². The highest BCUT2D eigenvalue weighted by Crippen LogP contribution is 2.47. The van der Waals surface area contributed by atoms with Crippen molar-refractivity contribution in [3.05, 3.63) is 47.8 Å². The number of fused-ring (bicyclic) bond motifs is 7. The zero-order chi connectivity index (χ0) is 30.4. The Labute approximate surface area is 260 Å². The first-order chi connectivity index (χ1) is 21.9. The van der Waals surface area contributed by atoms with Gasteiger partial charge in [0, 0.05) is 37.2 Å². The van der Waals surface area contributed by atoms with Crippen molar-refractivity contribution in [2.75, 3.05) is 37.7 Å². The Morgan fingerprint density at radius 3 is 2.93 bits per heavy atom. The van der Waals surface area contributed by atoms with E-state index in [2.05, 4.69) is 22.0 Å². The fraction of sp³-hybridized carbons (Fsp3) is 0.486. The summed E-state index contributed by atoms with van der Waals surface area (Å²) in [5, 5.41) is 16.7. The van der Waals surface area contributed by atoms with Gasteiger partial charge in [-0.3, -0.25) is 4.90 Å². The van der Waals surface area contributed by atoms with Gasteiger partial charge in [-0.25, -0.2) is 8.78 Å². The number of hydrogen-bond acceptors (Lipinski definition) is 8. The third-order valence-corrected chi connectivity index (χ3v) is 11.0. The van der Waals surface area contributed by atoms with Crippen LogP contribution in [0.25, 0.3) is 32.8 Å². The molecule has 5 atom stereocenters. The highest BCUT2D eigenvalue weighted by molar-refractivity contribution is 6.05. The van der Waals surface area contributed by atoms with Gasteiger partial charge in [0.25, 0.3) is 0 Å². The summed E-state index contributed by atoms with van der Waals surface area (Å²) in [5.74, 6) is 0.703. The Bertz CT molecular complexity index is 1850. The van der Waals surface area contributed by atoms with Crippen LogP contribution < -0.4 is 19.7 Å². The summed E-state index contributed by atoms with van der Waals surface area (Å²) in [7, 11) is 0. The second kappa shape index (κ2) is 10.1. The zero-order valence-electron chi connectivity index (χ0n) is 25.4. The Balaban J connectivity index is 1.24. The molecule has 234 valence electrons. The Kier molecular flexibility index (Phi) is 6.20. The molecular weight excluding hydrogens is 576 g/mol. The smallest absolute Gasteiger partial charge is 0.319 e.